The van der Waals surface area contributed by atoms with E-state index in [0.29, 0.717) is 17.7 Å². The molecular weight excluding hydrogens is 490 g/mol. The Labute approximate surface area is 206 Å². The van der Waals surface area contributed by atoms with Crippen LogP contribution in [0.2, 0.25) is 0 Å². The molecule has 0 fully saturated rings. The molecule has 0 aliphatic heterocycles. The number of fused-ring (bicyclic) bond motifs is 1. The quantitative estimate of drug-likeness (QED) is 0.313. The van der Waals surface area contributed by atoms with Crippen LogP contribution in [0, 0.1) is 23.6 Å². The molecule has 0 aliphatic rings. The van der Waals surface area contributed by atoms with Crippen molar-refractivity contribution in [3.8, 4) is 11.8 Å². The number of anilines is 1. The number of aromatic nitrogens is 2. The van der Waals surface area contributed by atoms with Crippen LogP contribution in [0.15, 0.2) is 68.7 Å². The molecule has 1 atom stereocenters. The van der Waals surface area contributed by atoms with Gasteiger partial charge in [-0.15, -0.1) is 0 Å². The minimum Gasteiger partial charge on any atom is -0.408 e. The van der Waals surface area contributed by atoms with Crippen LogP contribution in [0.4, 0.5) is 14.6 Å². The Kier molecular flexibility index (Phi) is 6.92. The van der Waals surface area contributed by atoms with E-state index in [9.17, 15) is 17.6 Å². The number of nitrogens with zero attached hydrogens (tertiary/aromatic N) is 3. The lowest BCUT2D eigenvalue weighted by molar-refractivity contribution is 0.464. The smallest absolute Gasteiger partial charge is 0.408 e. The Bertz CT molecular complexity index is 1670. The number of benzene rings is 2. The molecule has 0 aliphatic carbocycles. The van der Waals surface area contributed by atoms with Gasteiger partial charge in [-0.05, 0) is 44.8 Å². The zero-order chi connectivity index (χ0) is 26.0. The van der Waals surface area contributed by atoms with Gasteiger partial charge in [-0.1, -0.05) is 36.1 Å². The Balaban J connectivity index is 1.76. The van der Waals surface area contributed by atoms with E-state index in [1.54, 1.807) is 19.1 Å². The Morgan fingerprint density at radius 1 is 1.14 bits per heavy atom. The molecule has 0 saturated heterocycles. The lowest BCUT2D eigenvalue weighted by atomic mass is 10.0. The van der Waals surface area contributed by atoms with Crippen molar-refractivity contribution < 1.29 is 21.6 Å². The summed E-state index contributed by atoms with van der Waals surface area (Å²) in [5, 5.41) is 0. The van der Waals surface area contributed by atoms with E-state index in [-0.39, 0.29) is 16.9 Å². The van der Waals surface area contributed by atoms with Crippen molar-refractivity contribution in [2.75, 3.05) is 25.4 Å². The summed E-state index contributed by atoms with van der Waals surface area (Å²) >= 11 is 0. The van der Waals surface area contributed by atoms with Crippen molar-refractivity contribution in [2.24, 2.45) is 0 Å². The van der Waals surface area contributed by atoms with Gasteiger partial charge >= 0.3 is 5.76 Å². The lowest BCUT2D eigenvalue weighted by Gasteiger charge is -2.15. The predicted octanol–water partition coefficient (Wildman–Crippen LogP) is 3.59. The minimum atomic E-state index is -4.50. The number of oxazole rings is 1. The molecule has 186 valence electrons. The van der Waals surface area contributed by atoms with Crippen LogP contribution < -0.4 is 10.5 Å². The summed E-state index contributed by atoms with van der Waals surface area (Å²) in [7, 11) is -0.707. The molecule has 2 aromatic heterocycles. The molecule has 8 nitrogen and oxygen atoms in total. The summed E-state index contributed by atoms with van der Waals surface area (Å²) in [5.74, 6) is 3.00. The second-order valence-electron chi connectivity index (χ2n) is 8.24. The van der Waals surface area contributed by atoms with Crippen LogP contribution in [-0.4, -0.2) is 43.5 Å². The number of hydrogen-bond donors (Lipinski definition) is 1. The standard InChI is InChI=1S/C25H22F2N4O4S/c1-16(18-10-5-4-8-17(18)9-7-13-30(2)3)31-20-14-19(26)22(15-21(20)35-25(31)32)36(33,34)29-24-12-6-11-23(27)28-24/h4-6,8,10-12,14-16H,13H2,1-3H3,(H,28,29)/t16-/m1/s1. The number of halogens is 2. The number of pyridine rings is 1. The van der Waals surface area contributed by atoms with Crippen molar-refractivity contribution >= 4 is 26.9 Å². The molecule has 36 heavy (non-hydrogen) atoms. The summed E-state index contributed by atoms with van der Waals surface area (Å²) in [4.78, 5) is 17.3. The largest absolute Gasteiger partial charge is 0.420 e. The predicted molar refractivity (Wildman–Crippen MR) is 131 cm³/mol. The molecule has 11 heteroatoms. The maximum Gasteiger partial charge on any atom is 0.420 e. The van der Waals surface area contributed by atoms with Crippen LogP contribution in [0.1, 0.15) is 24.1 Å². The molecule has 0 unspecified atom stereocenters. The Hall–Kier alpha value is -4.01. The van der Waals surface area contributed by atoms with E-state index in [0.717, 1.165) is 18.2 Å². The normalized spacial score (nSPS) is 12.4. The molecule has 0 radical (unpaired) electrons. The van der Waals surface area contributed by atoms with Crippen molar-refractivity contribution in [3.63, 3.8) is 0 Å². The SMILES string of the molecule is C[C@H](c1ccccc1C#CCN(C)C)n1c(=O)oc2cc(S(=O)(=O)Nc3cccc(F)n3)c(F)cc21. The maximum absolute atomic E-state index is 15.1. The van der Waals surface area contributed by atoms with Gasteiger partial charge in [0.15, 0.2) is 5.58 Å². The van der Waals surface area contributed by atoms with Gasteiger partial charge in [0.25, 0.3) is 10.0 Å². The molecule has 0 spiro atoms. The highest BCUT2D eigenvalue weighted by atomic mass is 32.2. The topological polar surface area (TPSA) is 97.4 Å². The van der Waals surface area contributed by atoms with E-state index in [1.807, 2.05) is 35.9 Å². The van der Waals surface area contributed by atoms with Crippen molar-refractivity contribution in [1.29, 1.82) is 0 Å². The first-order valence-electron chi connectivity index (χ1n) is 10.8. The van der Waals surface area contributed by atoms with E-state index in [2.05, 4.69) is 16.8 Å². The van der Waals surface area contributed by atoms with Gasteiger partial charge in [-0.2, -0.15) is 4.39 Å². The lowest BCUT2D eigenvalue weighted by Crippen LogP contribution is -2.20. The van der Waals surface area contributed by atoms with Crippen LogP contribution >= 0.6 is 0 Å². The van der Waals surface area contributed by atoms with Crippen molar-refractivity contribution in [1.82, 2.24) is 14.5 Å². The fourth-order valence-corrected chi connectivity index (χ4v) is 4.75. The van der Waals surface area contributed by atoms with Gasteiger partial charge in [-0.3, -0.25) is 14.2 Å². The second kappa shape index (κ2) is 9.93. The average Bonchev–Trinajstić information content (AvgIpc) is 3.12. The number of rotatable bonds is 6. The highest BCUT2D eigenvalue weighted by Crippen LogP contribution is 2.28. The third-order valence-corrected chi connectivity index (χ3v) is 6.70. The van der Waals surface area contributed by atoms with E-state index < -0.39 is 38.5 Å². The molecule has 2 heterocycles. The fourth-order valence-electron chi connectivity index (χ4n) is 3.67. The second-order valence-corrected chi connectivity index (χ2v) is 9.89. The summed E-state index contributed by atoms with van der Waals surface area (Å²) < 4.78 is 62.5. The summed E-state index contributed by atoms with van der Waals surface area (Å²) in [6, 6.07) is 12.0. The first-order valence-corrected chi connectivity index (χ1v) is 12.3. The summed E-state index contributed by atoms with van der Waals surface area (Å²) in [6.45, 7) is 2.28. The van der Waals surface area contributed by atoms with E-state index >= 15 is 4.39 Å². The van der Waals surface area contributed by atoms with Gasteiger partial charge in [0.2, 0.25) is 5.95 Å². The van der Waals surface area contributed by atoms with Gasteiger partial charge in [-0.25, -0.2) is 22.6 Å². The highest BCUT2D eigenvalue weighted by Gasteiger charge is 2.25. The third-order valence-electron chi connectivity index (χ3n) is 5.33. The molecular formula is C25H22F2N4O4S. The Morgan fingerprint density at radius 2 is 1.89 bits per heavy atom. The average molecular weight is 513 g/mol. The molecule has 0 saturated carbocycles. The van der Waals surface area contributed by atoms with Gasteiger partial charge in [0.1, 0.15) is 16.5 Å². The number of sulfonamides is 1. The summed E-state index contributed by atoms with van der Waals surface area (Å²) in [6.07, 6.45) is 0. The van der Waals surface area contributed by atoms with Gasteiger partial charge in [0.05, 0.1) is 18.1 Å². The zero-order valence-electron chi connectivity index (χ0n) is 19.6. The van der Waals surface area contributed by atoms with Crippen LogP contribution in [0.25, 0.3) is 11.1 Å². The van der Waals surface area contributed by atoms with E-state index in [1.165, 1.54) is 16.7 Å². The first-order chi connectivity index (χ1) is 17.1. The Morgan fingerprint density at radius 3 is 2.61 bits per heavy atom. The van der Waals surface area contributed by atoms with E-state index in [4.69, 9.17) is 4.42 Å². The molecule has 4 aromatic rings. The molecule has 0 bridgehead atoms. The van der Waals surface area contributed by atoms with Crippen molar-refractivity contribution in [3.05, 3.63) is 88.0 Å². The van der Waals surface area contributed by atoms with Crippen molar-refractivity contribution in [2.45, 2.75) is 17.9 Å². The van der Waals surface area contributed by atoms with Gasteiger partial charge in [0, 0.05) is 17.7 Å². The van der Waals surface area contributed by atoms with Crippen LogP contribution in [-0.2, 0) is 10.0 Å². The first kappa shape index (κ1) is 25.1. The zero-order valence-corrected chi connectivity index (χ0v) is 20.4. The third kappa shape index (κ3) is 5.15. The molecule has 4 rings (SSSR count). The molecule has 1 N–H and O–H groups in total. The number of nitrogens with one attached hydrogen (secondary N) is 1. The van der Waals surface area contributed by atoms with Crippen LogP contribution in [0.3, 0.4) is 0 Å². The highest BCUT2D eigenvalue weighted by molar-refractivity contribution is 7.92. The fraction of sp³-hybridized carbons (Fsp3) is 0.200. The van der Waals surface area contributed by atoms with Crippen LogP contribution in [0.5, 0.6) is 0 Å². The molecule has 0 amide bonds. The maximum atomic E-state index is 15.1. The minimum absolute atomic E-state index is 0.0730. The molecule has 2 aromatic carbocycles. The monoisotopic (exact) mass is 512 g/mol. The van der Waals surface area contributed by atoms with Gasteiger partial charge < -0.3 is 4.42 Å². The summed E-state index contributed by atoms with van der Waals surface area (Å²) in [5.41, 5.74) is 1.35. The number of hydrogen-bond acceptors (Lipinski definition) is 6.